The lowest BCUT2D eigenvalue weighted by Gasteiger charge is -2.35. The molecule has 0 bridgehead atoms. The van der Waals surface area contributed by atoms with Gasteiger partial charge in [0.2, 0.25) is 11.8 Å². The first-order valence-corrected chi connectivity index (χ1v) is 12.3. The Balaban J connectivity index is 1.61. The molecular weight excluding hydrogens is 490 g/mol. The summed E-state index contributed by atoms with van der Waals surface area (Å²) in [6.07, 6.45) is 2.26. The molecule has 3 atom stereocenters. The smallest absolute Gasteiger partial charge is 0.308 e. The largest absolute Gasteiger partial charge is 0.481 e. The predicted octanol–water partition coefficient (Wildman–Crippen LogP) is 3.61. The summed E-state index contributed by atoms with van der Waals surface area (Å²) in [5.41, 5.74) is 0.848. The fourth-order valence-corrected chi connectivity index (χ4v) is 5.16. The molecule has 0 saturated carbocycles. The van der Waals surface area contributed by atoms with Crippen LogP contribution in [0.1, 0.15) is 56.3 Å². The van der Waals surface area contributed by atoms with Crippen LogP contribution in [0, 0.1) is 17.8 Å². The van der Waals surface area contributed by atoms with Gasteiger partial charge in [-0.3, -0.25) is 19.2 Å². The second kappa shape index (κ2) is 11.1. The van der Waals surface area contributed by atoms with Gasteiger partial charge in [0, 0.05) is 43.5 Å². The number of carbonyl (C=O) groups is 4. The molecule has 0 spiro atoms. The van der Waals surface area contributed by atoms with E-state index in [2.05, 4.69) is 35.1 Å². The molecular formula is C24H32BrN3O5. The lowest BCUT2D eigenvalue weighted by Crippen LogP contribution is -2.43. The summed E-state index contributed by atoms with van der Waals surface area (Å²) in [7, 11) is 0. The molecule has 1 aromatic rings. The molecule has 8 nitrogen and oxygen atoms in total. The van der Waals surface area contributed by atoms with Crippen molar-refractivity contribution >= 4 is 45.3 Å². The zero-order valence-corrected chi connectivity index (χ0v) is 20.8. The van der Waals surface area contributed by atoms with Crippen molar-refractivity contribution < 1.29 is 24.3 Å². The number of nitrogens with one attached hydrogen (secondary N) is 1. The normalized spacial score (nSPS) is 23.2. The van der Waals surface area contributed by atoms with Crippen LogP contribution in [0.25, 0.3) is 0 Å². The average molecular weight is 522 g/mol. The number of amides is 3. The number of likely N-dealkylation sites (tertiary alicyclic amines) is 2. The minimum absolute atomic E-state index is 0.000859. The number of halogens is 1. The molecule has 9 heteroatoms. The summed E-state index contributed by atoms with van der Waals surface area (Å²) in [5, 5.41) is 12.0. The molecule has 2 heterocycles. The molecule has 2 aliphatic rings. The van der Waals surface area contributed by atoms with E-state index in [0.717, 1.165) is 10.9 Å². The molecule has 1 aromatic carbocycles. The Morgan fingerprint density at radius 3 is 2.42 bits per heavy atom. The fraction of sp³-hybridized carbons (Fsp3) is 0.583. The van der Waals surface area contributed by atoms with Gasteiger partial charge in [-0.2, -0.15) is 0 Å². The van der Waals surface area contributed by atoms with E-state index in [1.54, 1.807) is 18.2 Å². The Labute approximate surface area is 202 Å². The summed E-state index contributed by atoms with van der Waals surface area (Å²) in [5.74, 6) is -1.29. The summed E-state index contributed by atoms with van der Waals surface area (Å²) < 4.78 is 0.746. The van der Waals surface area contributed by atoms with Crippen molar-refractivity contribution in [3.63, 3.8) is 0 Å². The van der Waals surface area contributed by atoms with Gasteiger partial charge in [0.1, 0.15) is 0 Å². The lowest BCUT2D eigenvalue weighted by molar-refractivity contribution is -0.146. The van der Waals surface area contributed by atoms with Crippen molar-refractivity contribution in [3.05, 3.63) is 28.2 Å². The number of carbonyl (C=O) groups excluding carboxylic acids is 3. The number of hydrogen-bond donors (Lipinski definition) is 2. The lowest BCUT2D eigenvalue weighted by atomic mass is 9.91. The van der Waals surface area contributed by atoms with Gasteiger partial charge in [-0.25, -0.2) is 0 Å². The number of piperidine rings is 2. The van der Waals surface area contributed by atoms with E-state index >= 15 is 0 Å². The maximum atomic E-state index is 13.2. The molecule has 0 aromatic heterocycles. The molecule has 1 unspecified atom stereocenters. The van der Waals surface area contributed by atoms with Gasteiger partial charge < -0.3 is 20.2 Å². The number of aliphatic carboxylic acids is 1. The zero-order valence-electron chi connectivity index (χ0n) is 19.2. The average Bonchev–Trinajstić information content (AvgIpc) is 2.77. The number of benzene rings is 1. The van der Waals surface area contributed by atoms with Gasteiger partial charge in [-0.1, -0.05) is 29.8 Å². The molecule has 0 radical (unpaired) electrons. The highest BCUT2D eigenvalue weighted by molar-refractivity contribution is 9.10. The highest BCUT2D eigenvalue weighted by atomic mass is 79.9. The Kier molecular flexibility index (Phi) is 8.51. The van der Waals surface area contributed by atoms with Crippen molar-refractivity contribution in [2.24, 2.45) is 17.8 Å². The Bertz CT molecular complexity index is 911. The van der Waals surface area contributed by atoms with Crippen LogP contribution in [0.5, 0.6) is 0 Å². The third-order valence-corrected chi connectivity index (χ3v) is 6.82. The fourth-order valence-electron chi connectivity index (χ4n) is 4.80. The van der Waals surface area contributed by atoms with Crippen molar-refractivity contribution in [2.75, 3.05) is 31.5 Å². The summed E-state index contributed by atoms with van der Waals surface area (Å²) in [4.78, 5) is 52.9. The minimum Gasteiger partial charge on any atom is -0.481 e. The Morgan fingerprint density at radius 1 is 1.06 bits per heavy atom. The first-order chi connectivity index (χ1) is 15.6. The second-order valence-electron chi connectivity index (χ2n) is 9.41. The molecule has 180 valence electrons. The van der Waals surface area contributed by atoms with Crippen molar-refractivity contribution in [1.82, 2.24) is 9.80 Å². The molecule has 2 saturated heterocycles. The van der Waals surface area contributed by atoms with Gasteiger partial charge in [0.15, 0.2) is 0 Å². The van der Waals surface area contributed by atoms with Gasteiger partial charge in [-0.15, -0.1) is 0 Å². The summed E-state index contributed by atoms with van der Waals surface area (Å²) in [6.45, 7) is 6.35. The monoisotopic (exact) mass is 521 g/mol. The first kappa shape index (κ1) is 25.2. The van der Waals surface area contributed by atoms with Crippen LogP contribution in [-0.4, -0.2) is 64.8 Å². The zero-order chi connectivity index (χ0) is 24.1. The van der Waals surface area contributed by atoms with E-state index < -0.39 is 11.9 Å². The van der Waals surface area contributed by atoms with Crippen molar-refractivity contribution in [1.29, 1.82) is 0 Å². The highest BCUT2D eigenvalue weighted by Gasteiger charge is 2.29. The molecule has 33 heavy (non-hydrogen) atoms. The first-order valence-electron chi connectivity index (χ1n) is 11.5. The van der Waals surface area contributed by atoms with Gasteiger partial charge in [0.25, 0.3) is 5.91 Å². The number of carboxylic acid groups (broad SMARTS) is 1. The second-order valence-corrected chi connectivity index (χ2v) is 10.3. The summed E-state index contributed by atoms with van der Waals surface area (Å²) in [6, 6.07) is 5.17. The van der Waals surface area contributed by atoms with Crippen LogP contribution < -0.4 is 5.32 Å². The quantitative estimate of drug-likeness (QED) is 0.594. The number of anilines is 1. The third-order valence-electron chi connectivity index (χ3n) is 6.33. The molecule has 3 rings (SSSR count). The van der Waals surface area contributed by atoms with E-state index in [1.165, 1.54) is 4.90 Å². The topological polar surface area (TPSA) is 107 Å². The number of nitrogens with zero attached hydrogens (tertiary/aromatic N) is 2. The standard InChI is InChI=1S/C24H32BrN3O5/c1-15-10-16(2)13-28(12-15)23(31)19-11-18(25)5-6-20(19)26-21(29)7-8-22(30)27-9-3-4-17(14-27)24(32)33/h5-6,11,15-17H,3-4,7-10,12-14H2,1-2H3,(H,26,29)(H,32,33)/t15-,16+,17?. The van der Waals surface area contributed by atoms with E-state index in [1.807, 2.05) is 4.90 Å². The van der Waals surface area contributed by atoms with Gasteiger partial charge in [0.05, 0.1) is 17.2 Å². The van der Waals surface area contributed by atoms with Crippen LogP contribution in [-0.2, 0) is 14.4 Å². The van der Waals surface area contributed by atoms with E-state index in [0.29, 0.717) is 55.6 Å². The van der Waals surface area contributed by atoms with Crippen LogP contribution >= 0.6 is 15.9 Å². The highest BCUT2D eigenvalue weighted by Crippen LogP contribution is 2.27. The Morgan fingerprint density at radius 2 is 1.76 bits per heavy atom. The van der Waals surface area contributed by atoms with E-state index in [9.17, 15) is 24.3 Å². The number of hydrogen-bond acceptors (Lipinski definition) is 4. The molecule has 2 fully saturated rings. The van der Waals surface area contributed by atoms with Crippen LogP contribution in [0.15, 0.2) is 22.7 Å². The van der Waals surface area contributed by atoms with Crippen LogP contribution in [0.4, 0.5) is 5.69 Å². The maximum Gasteiger partial charge on any atom is 0.308 e. The minimum atomic E-state index is -0.893. The molecule has 0 aliphatic carbocycles. The van der Waals surface area contributed by atoms with E-state index in [4.69, 9.17) is 0 Å². The molecule has 2 N–H and O–H groups in total. The van der Waals surface area contributed by atoms with Crippen LogP contribution in [0.2, 0.25) is 0 Å². The van der Waals surface area contributed by atoms with Crippen molar-refractivity contribution in [3.8, 4) is 0 Å². The van der Waals surface area contributed by atoms with Gasteiger partial charge >= 0.3 is 5.97 Å². The predicted molar refractivity (Wildman–Crippen MR) is 128 cm³/mol. The summed E-state index contributed by atoms with van der Waals surface area (Å²) >= 11 is 3.41. The van der Waals surface area contributed by atoms with Crippen molar-refractivity contribution in [2.45, 2.75) is 46.0 Å². The third kappa shape index (κ3) is 6.79. The maximum absolute atomic E-state index is 13.2. The molecule has 2 aliphatic heterocycles. The molecule has 3 amide bonds. The number of rotatable bonds is 6. The van der Waals surface area contributed by atoms with E-state index in [-0.39, 0.29) is 37.1 Å². The van der Waals surface area contributed by atoms with Gasteiger partial charge in [-0.05, 0) is 49.3 Å². The Hall–Kier alpha value is -2.42. The SMILES string of the molecule is C[C@@H]1C[C@H](C)CN(C(=O)c2cc(Br)ccc2NC(=O)CCC(=O)N2CCCC(C(=O)O)C2)C1. The van der Waals surface area contributed by atoms with Crippen LogP contribution in [0.3, 0.4) is 0 Å². The number of carboxylic acids is 1.